The van der Waals surface area contributed by atoms with Crippen LogP contribution in [-0.2, 0) is 14.4 Å². The summed E-state index contributed by atoms with van der Waals surface area (Å²) in [6.07, 6.45) is 0. The minimum Gasteiger partial charge on any atom is -0.368 e. The molecule has 8 nitrogen and oxygen atoms in total. The van der Waals surface area contributed by atoms with E-state index >= 15 is 0 Å². The second-order valence-electron chi connectivity index (χ2n) is 7.38. The topological polar surface area (TPSA) is 113 Å². The van der Waals surface area contributed by atoms with Crippen molar-refractivity contribution in [3.05, 3.63) is 66.2 Å². The number of carbonyl (C=O) groups excluding carboxylic acids is 4. The lowest BCUT2D eigenvalue weighted by Gasteiger charge is -2.32. The van der Waals surface area contributed by atoms with Gasteiger partial charge in [0.1, 0.15) is 6.04 Å². The van der Waals surface area contributed by atoms with Crippen molar-refractivity contribution in [1.29, 1.82) is 0 Å². The second kappa shape index (κ2) is 7.62. The van der Waals surface area contributed by atoms with Gasteiger partial charge in [0.2, 0.25) is 17.7 Å². The number of hydrogen-bond donors (Lipinski definition) is 2. The lowest BCUT2D eigenvalue weighted by molar-refractivity contribution is -0.142. The van der Waals surface area contributed by atoms with Gasteiger partial charge in [-0.3, -0.25) is 19.3 Å². The van der Waals surface area contributed by atoms with E-state index in [2.05, 4.69) is 5.32 Å². The number of anilines is 1. The fourth-order valence-corrected chi connectivity index (χ4v) is 4.56. The van der Waals surface area contributed by atoms with Crippen LogP contribution in [0.3, 0.4) is 0 Å². The fourth-order valence-electron chi connectivity index (χ4n) is 4.56. The average Bonchev–Trinajstić information content (AvgIpc) is 3.22. The highest BCUT2D eigenvalue weighted by atomic mass is 16.2. The van der Waals surface area contributed by atoms with Gasteiger partial charge in [0.15, 0.2) is 0 Å². The van der Waals surface area contributed by atoms with Crippen LogP contribution in [0.2, 0.25) is 0 Å². The van der Waals surface area contributed by atoms with Crippen molar-refractivity contribution >= 4 is 29.4 Å². The molecule has 4 rings (SSSR count). The van der Waals surface area contributed by atoms with E-state index in [0.717, 1.165) is 4.90 Å². The van der Waals surface area contributed by atoms with Crippen molar-refractivity contribution < 1.29 is 19.2 Å². The van der Waals surface area contributed by atoms with E-state index in [9.17, 15) is 19.2 Å². The molecule has 2 aliphatic heterocycles. The molecular weight excluding hydrogens is 384 g/mol. The molecule has 2 aromatic carbocycles. The minimum absolute atomic E-state index is 0.202. The number of rotatable bonds is 4. The molecule has 0 aromatic heterocycles. The SMILES string of the molecule is CCN1C(=O)C2C(C1=O)C(c1ccccc1)N(C(=O)Nc1ccccc1)C2C(N)=O. The van der Waals surface area contributed by atoms with Gasteiger partial charge in [0.05, 0.1) is 17.9 Å². The minimum atomic E-state index is -1.23. The van der Waals surface area contributed by atoms with Crippen LogP contribution in [-0.4, -0.2) is 46.1 Å². The largest absolute Gasteiger partial charge is 0.368 e. The molecule has 2 aliphatic rings. The first-order chi connectivity index (χ1) is 14.5. The first-order valence-electron chi connectivity index (χ1n) is 9.79. The molecule has 0 radical (unpaired) electrons. The van der Waals surface area contributed by atoms with Crippen molar-refractivity contribution in [2.45, 2.75) is 19.0 Å². The van der Waals surface area contributed by atoms with Crippen LogP contribution in [0.4, 0.5) is 10.5 Å². The normalized spacial score (nSPS) is 25.4. The average molecular weight is 406 g/mol. The van der Waals surface area contributed by atoms with Gasteiger partial charge in [0, 0.05) is 12.2 Å². The molecule has 30 heavy (non-hydrogen) atoms. The van der Waals surface area contributed by atoms with E-state index in [1.807, 2.05) is 12.1 Å². The monoisotopic (exact) mass is 406 g/mol. The molecule has 0 bridgehead atoms. The van der Waals surface area contributed by atoms with Gasteiger partial charge < -0.3 is 16.0 Å². The van der Waals surface area contributed by atoms with E-state index in [4.69, 9.17) is 5.73 Å². The molecule has 2 aromatic rings. The van der Waals surface area contributed by atoms with Crippen LogP contribution in [0.15, 0.2) is 60.7 Å². The van der Waals surface area contributed by atoms with Crippen LogP contribution in [0.5, 0.6) is 0 Å². The number of nitrogens with two attached hydrogens (primary N) is 1. The van der Waals surface area contributed by atoms with E-state index in [1.165, 1.54) is 4.90 Å². The van der Waals surface area contributed by atoms with E-state index in [0.29, 0.717) is 11.3 Å². The van der Waals surface area contributed by atoms with Gasteiger partial charge in [-0.05, 0) is 24.6 Å². The Kier molecular flexibility index (Phi) is 4.99. The maximum atomic E-state index is 13.3. The first kappa shape index (κ1) is 19.6. The molecule has 5 amide bonds. The highest BCUT2D eigenvalue weighted by Gasteiger charge is 2.64. The summed E-state index contributed by atoms with van der Waals surface area (Å²) in [7, 11) is 0. The van der Waals surface area contributed by atoms with E-state index in [-0.39, 0.29) is 12.5 Å². The summed E-state index contributed by atoms with van der Waals surface area (Å²) < 4.78 is 0. The van der Waals surface area contributed by atoms with Gasteiger partial charge >= 0.3 is 6.03 Å². The van der Waals surface area contributed by atoms with Crippen molar-refractivity contribution in [3.8, 4) is 0 Å². The lowest BCUT2D eigenvalue weighted by atomic mass is 9.86. The van der Waals surface area contributed by atoms with Crippen molar-refractivity contribution in [1.82, 2.24) is 9.80 Å². The molecule has 0 aliphatic carbocycles. The molecule has 4 atom stereocenters. The zero-order valence-electron chi connectivity index (χ0n) is 16.4. The van der Waals surface area contributed by atoms with Gasteiger partial charge in [-0.25, -0.2) is 4.79 Å². The fraction of sp³-hybridized carbons (Fsp3) is 0.273. The molecule has 4 unspecified atom stereocenters. The van der Waals surface area contributed by atoms with E-state index < -0.39 is 41.8 Å². The summed E-state index contributed by atoms with van der Waals surface area (Å²) in [6, 6.07) is 15.1. The van der Waals surface area contributed by atoms with Crippen LogP contribution < -0.4 is 11.1 Å². The molecule has 0 spiro atoms. The van der Waals surface area contributed by atoms with Crippen LogP contribution in [0, 0.1) is 11.8 Å². The molecule has 154 valence electrons. The highest BCUT2D eigenvalue weighted by Crippen LogP contribution is 2.50. The first-order valence-corrected chi connectivity index (χ1v) is 9.79. The number of nitrogens with one attached hydrogen (secondary N) is 1. The van der Waals surface area contributed by atoms with Gasteiger partial charge in [-0.1, -0.05) is 48.5 Å². The van der Waals surface area contributed by atoms with Crippen molar-refractivity contribution in [3.63, 3.8) is 0 Å². The predicted octanol–water partition coefficient (Wildman–Crippen LogP) is 1.75. The third-order valence-electron chi connectivity index (χ3n) is 5.78. The maximum Gasteiger partial charge on any atom is 0.323 e. The number of benzene rings is 2. The lowest BCUT2D eigenvalue weighted by Crippen LogP contribution is -2.51. The third kappa shape index (κ3) is 3.01. The second-order valence-corrected chi connectivity index (χ2v) is 7.38. The highest BCUT2D eigenvalue weighted by molar-refractivity contribution is 6.10. The Morgan fingerprint density at radius 2 is 1.50 bits per heavy atom. The Balaban J connectivity index is 1.81. The number of fused-ring (bicyclic) bond motifs is 1. The van der Waals surface area contributed by atoms with Crippen molar-refractivity contribution in [2.24, 2.45) is 17.6 Å². The number of hydrogen-bond acceptors (Lipinski definition) is 4. The number of carbonyl (C=O) groups is 4. The number of primary amides is 1. The quantitative estimate of drug-likeness (QED) is 0.753. The Morgan fingerprint density at radius 3 is 2.07 bits per heavy atom. The zero-order valence-corrected chi connectivity index (χ0v) is 16.4. The van der Waals surface area contributed by atoms with Crippen LogP contribution in [0.1, 0.15) is 18.5 Å². The molecule has 0 saturated carbocycles. The van der Waals surface area contributed by atoms with Crippen LogP contribution in [0.25, 0.3) is 0 Å². The number of nitrogens with zero attached hydrogens (tertiary/aromatic N) is 2. The number of imide groups is 1. The number of amides is 5. The zero-order chi connectivity index (χ0) is 21.4. The number of para-hydroxylation sites is 1. The molecule has 3 N–H and O–H groups in total. The summed E-state index contributed by atoms with van der Waals surface area (Å²) in [5.41, 5.74) is 6.86. The Labute approximate surface area is 173 Å². The van der Waals surface area contributed by atoms with Gasteiger partial charge in [0.25, 0.3) is 0 Å². The molecule has 2 saturated heterocycles. The summed E-state index contributed by atoms with van der Waals surface area (Å²) in [4.78, 5) is 54.2. The summed E-state index contributed by atoms with van der Waals surface area (Å²) in [5, 5.41) is 2.76. The maximum absolute atomic E-state index is 13.3. The number of likely N-dealkylation sites (tertiary alicyclic amines) is 2. The summed E-state index contributed by atoms with van der Waals surface area (Å²) in [6.45, 7) is 1.90. The molecule has 2 heterocycles. The van der Waals surface area contributed by atoms with E-state index in [1.54, 1.807) is 55.5 Å². The van der Waals surface area contributed by atoms with Gasteiger partial charge in [-0.2, -0.15) is 0 Å². The smallest absolute Gasteiger partial charge is 0.323 e. The molecular formula is C22H22N4O4. The Hall–Kier alpha value is -3.68. The summed E-state index contributed by atoms with van der Waals surface area (Å²) in [5.74, 6) is -3.53. The Bertz CT molecular complexity index is 995. The third-order valence-corrected chi connectivity index (χ3v) is 5.78. The molecule has 8 heteroatoms. The van der Waals surface area contributed by atoms with Crippen molar-refractivity contribution in [2.75, 3.05) is 11.9 Å². The summed E-state index contributed by atoms with van der Waals surface area (Å²) >= 11 is 0. The predicted molar refractivity (Wildman–Crippen MR) is 109 cm³/mol. The Morgan fingerprint density at radius 1 is 0.933 bits per heavy atom. The number of urea groups is 1. The van der Waals surface area contributed by atoms with Crippen LogP contribution >= 0.6 is 0 Å². The van der Waals surface area contributed by atoms with Gasteiger partial charge in [-0.15, -0.1) is 0 Å². The molecule has 2 fully saturated rings. The standard InChI is InChI=1S/C22H22N4O4/c1-2-25-20(28)15-16(21(25)29)18(19(23)27)26(17(15)13-9-5-3-6-10-13)22(30)24-14-11-7-4-8-12-14/h3-12,15-18H,2H2,1H3,(H2,23,27)(H,24,30).